The molecule has 1 aromatic heterocycles. The van der Waals surface area contributed by atoms with Crippen LogP contribution in [-0.2, 0) is 11.2 Å². The van der Waals surface area contributed by atoms with Crippen LogP contribution in [-0.4, -0.2) is 34.3 Å². The van der Waals surface area contributed by atoms with Crippen molar-refractivity contribution in [3.8, 4) is 11.5 Å². The van der Waals surface area contributed by atoms with Gasteiger partial charge in [0.05, 0.1) is 18.9 Å². The quantitative estimate of drug-likeness (QED) is 0.214. The molecule has 0 aliphatic carbocycles. The molecule has 2 aromatic rings. The molecule has 0 saturated carbocycles. The molecular formula is C18H22ClN5O4. The number of hydrogen-bond acceptors (Lipinski definition) is 8. The summed E-state index contributed by atoms with van der Waals surface area (Å²) in [5.74, 6) is 0.595. The number of hydrogen-bond donors (Lipinski definition) is 4. The van der Waals surface area contributed by atoms with Gasteiger partial charge in [-0.05, 0) is 30.7 Å². The predicted molar refractivity (Wildman–Crippen MR) is 106 cm³/mol. The Morgan fingerprint density at radius 1 is 1.29 bits per heavy atom. The normalized spacial score (nSPS) is 10.8. The summed E-state index contributed by atoms with van der Waals surface area (Å²) in [6.07, 6.45) is 3.85. The summed E-state index contributed by atoms with van der Waals surface area (Å²) in [4.78, 5) is 19.2. The first kappa shape index (κ1) is 21.3. The van der Waals surface area contributed by atoms with Crippen molar-refractivity contribution in [1.29, 1.82) is 0 Å². The molecule has 0 spiro atoms. The minimum Gasteiger partial charge on any atom is -0.493 e. The highest BCUT2D eigenvalue weighted by Gasteiger charge is 2.11. The third kappa shape index (κ3) is 6.00. The number of hydroxylamine groups is 1. The zero-order chi connectivity index (χ0) is 20.5. The Morgan fingerprint density at radius 2 is 2.04 bits per heavy atom. The highest BCUT2D eigenvalue weighted by Crippen LogP contribution is 2.26. The SMILES string of the molecule is CCc1nc(N)nc(N)c1OCCCOc1cc(Cl)ccc1C=CC(=O)NO. The Labute approximate surface area is 167 Å². The van der Waals surface area contributed by atoms with Crippen molar-refractivity contribution in [2.45, 2.75) is 19.8 Å². The predicted octanol–water partition coefficient (Wildman–Crippen LogP) is 2.22. The van der Waals surface area contributed by atoms with E-state index in [-0.39, 0.29) is 11.8 Å². The van der Waals surface area contributed by atoms with Gasteiger partial charge in [0.15, 0.2) is 11.6 Å². The second kappa shape index (κ2) is 10.3. The van der Waals surface area contributed by atoms with Crippen LogP contribution in [0.1, 0.15) is 24.6 Å². The van der Waals surface area contributed by atoms with Gasteiger partial charge in [-0.3, -0.25) is 10.0 Å². The molecule has 0 aliphatic heterocycles. The molecule has 6 N–H and O–H groups in total. The number of aromatic nitrogens is 2. The van der Waals surface area contributed by atoms with Gasteiger partial charge in [-0.15, -0.1) is 0 Å². The number of carbonyl (C=O) groups excluding carboxylic acids is 1. The molecule has 28 heavy (non-hydrogen) atoms. The van der Waals surface area contributed by atoms with E-state index in [0.29, 0.717) is 53.8 Å². The fourth-order valence-corrected chi connectivity index (χ4v) is 2.48. The Bertz CT molecular complexity index is 860. The smallest absolute Gasteiger partial charge is 0.267 e. The summed E-state index contributed by atoms with van der Waals surface area (Å²) >= 11 is 6.00. The molecule has 0 fully saturated rings. The molecule has 2 rings (SSSR count). The topological polar surface area (TPSA) is 146 Å². The summed E-state index contributed by atoms with van der Waals surface area (Å²) in [6.45, 7) is 2.59. The summed E-state index contributed by atoms with van der Waals surface area (Å²) in [5.41, 5.74) is 14.2. The number of anilines is 2. The van der Waals surface area contributed by atoms with E-state index in [0.717, 1.165) is 0 Å². The Morgan fingerprint density at radius 3 is 2.75 bits per heavy atom. The van der Waals surface area contributed by atoms with Gasteiger partial charge in [0, 0.05) is 23.1 Å². The highest BCUT2D eigenvalue weighted by atomic mass is 35.5. The molecular weight excluding hydrogens is 386 g/mol. The largest absolute Gasteiger partial charge is 0.493 e. The van der Waals surface area contributed by atoms with Crippen LogP contribution in [0, 0.1) is 0 Å². The summed E-state index contributed by atoms with van der Waals surface area (Å²) < 4.78 is 11.4. The van der Waals surface area contributed by atoms with Crippen molar-refractivity contribution in [3.05, 3.63) is 40.6 Å². The van der Waals surface area contributed by atoms with Crippen LogP contribution in [0.25, 0.3) is 6.08 Å². The third-order valence-electron chi connectivity index (χ3n) is 3.61. The molecule has 0 atom stereocenters. The monoisotopic (exact) mass is 407 g/mol. The van der Waals surface area contributed by atoms with Crippen molar-refractivity contribution in [2.75, 3.05) is 24.7 Å². The van der Waals surface area contributed by atoms with Gasteiger partial charge in [0.2, 0.25) is 5.95 Å². The van der Waals surface area contributed by atoms with E-state index >= 15 is 0 Å². The van der Waals surface area contributed by atoms with Gasteiger partial charge < -0.3 is 20.9 Å². The Hall–Kier alpha value is -3.04. The average Bonchev–Trinajstić information content (AvgIpc) is 2.67. The number of halogens is 1. The van der Waals surface area contributed by atoms with Crippen molar-refractivity contribution in [3.63, 3.8) is 0 Å². The second-order valence-electron chi connectivity index (χ2n) is 5.64. The maximum absolute atomic E-state index is 11.1. The van der Waals surface area contributed by atoms with E-state index in [9.17, 15) is 4.79 Å². The number of rotatable bonds is 9. The van der Waals surface area contributed by atoms with E-state index in [1.54, 1.807) is 18.2 Å². The van der Waals surface area contributed by atoms with Gasteiger partial charge in [-0.1, -0.05) is 18.5 Å². The van der Waals surface area contributed by atoms with Crippen LogP contribution in [0.15, 0.2) is 24.3 Å². The van der Waals surface area contributed by atoms with Crippen LogP contribution < -0.4 is 26.4 Å². The second-order valence-corrected chi connectivity index (χ2v) is 6.07. The molecule has 1 amide bonds. The number of nitrogens with two attached hydrogens (primary N) is 2. The lowest BCUT2D eigenvalue weighted by Crippen LogP contribution is -2.14. The van der Waals surface area contributed by atoms with E-state index in [4.69, 9.17) is 37.7 Å². The van der Waals surface area contributed by atoms with Gasteiger partial charge in [-0.2, -0.15) is 4.98 Å². The highest BCUT2D eigenvalue weighted by molar-refractivity contribution is 6.30. The number of amides is 1. The first-order valence-corrected chi connectivity index (χ1v) is 8.91. The minimum absolute atomic E-state index is 0.112. The molecule has 1 aromatic carbocycles. The number of ether oxygens (including phenoxy) is 2. The summed E-state index contributed by atoms with van der Waals surface area (Å²) in [7, 11) is 0. The van der Waals surface area contributed by atoms with Gasteiger partial charge in [-0.25, -0.2) is 10.5 Å². The zero-order valence-corrected chi connectivity index (χ0v) is 16.1. The number of nitrogens with zero attached hydrogens (tertiary/aromatic N) is 2. The first-order chi connectivity index (χ1) is 13.4. The molecule has 1 heterocycles. The fourth-order valence-electron chi connectivity index (χ4n) is 2.32. The van der Waals surface area contributed by atoms with Gasteiger partial charge >= 0.3 is 0 Å². The molecule has 0 aliphatic rings. The van der Waals surface area contributed by atoms with E-state index in [1.165, 1.54) is 17.6 Å². The fraction of sp³-hybridized carbons (Fsp3) is 0.278. The standard InChI is InChI=1S/C18H22ClN5O4/c1-2-13-16(17(20)23-18(21)22-13)28-9-3-8-27-14-10-12(19)6-4-11(14)5-7-15(25)24-26/h4-7,10,26H,2-3,8-9H2,1H3,(H,24,25)(H4,20,21,22,23). The molecule has 10 heteroatoms. The molecule has 0 bridgehead atoms. The molecule has 0 radical (unpaired) electrons. The molecule has 0 unspecified atom stereocenters. The van der Waals surface area contributed by atoms with E-state index in [1.807, 2.05) is 6.92 Å². The molecule has 150 valence electrons. The minimum atomic E-state index is -0.649. The third-order valence-corrected chi connectivity index (χ3v) is 3.84. The lowest BCUT2D eigenvalue weighted by Gasteiger charge is -2.13. The summed E-state index contributed by atoms with van der Waals surface area (Å²) in [5, 5.41) is 9.05. The lowest BCUT2D eigenvalue weighted by atomic mass is 10.2. The van der Waals surface area contributed by atoms with Crippen LogP contribution in [0.2, 0.25) is 5.02 Å². The van der Waals surface area contributed by atoms with Crippen molar-refractivity contribution in [2.24, 2.45) is 0 Å². The van der Waals surface area contributed by atoms with Crippen molar-refractivity contribution in [1.82, 2.24) is 15.4 Å². The lowest BCUT2D eigenvalue weighted by molar-refractivity contribution is -0.124. The van der Waals surface area contributed by atoms with Crippen molar-refractivity contribution < 1.29 is 19.5 Å². The maximum atomic E-state index is 11.1. The molecule has 9 nitrogen and oxygen atoms in total. The van der Waals surface area contributed by atoms with E-state index < -0.39 is 5.91 Å². The average molecular weight is 408 g/mol. The number of aryl methyl sites for hydroxylation is 1. The molecule has 0 saturated heterocycles. The number of carbonyl (C=O) groups is 1. The zero-order valence-electron chi connectivity index (χ0n) is 15.3. The number of nitrogen functional groups attached to an aromatic ring is 2. The Balaban J connectivity index is 1.93. The van der Waals surface area contributed by atoms with Crippen molar-refractivity contribution >= 4 is 35.4 Å². The van der Waals surface area contributed by atoms with E-state index in [2.05, 4.69) is 9.97 Å². The van der Waals surface area contributed by atoms with Crippen LogP contribution in [0.3, 0.4) is 0 Å². The van der Waals surface area contributed by atoms with Gasteiger partial charge in [0.1, 0.15) is 5.75 Å². The van der Waals surface area contributed by atoms with Crippen LogP contribution in [0.4, 0.5) is 11.8 Å². The Kier molecular flexibility index (Phi) is 7.85. The van der Waals surface area contributed by atoms with Crippen LogP contribution >= 0.6 is 11.6 Å². The van der Waals surface area contributed by atoms with Gasteiger partial charge in [0.25, 0.3) is 5.91 Å². The number of nitrogens with one attached hydrogen (secondary N) is 1. The van der Waals surface area contributed by atoms with Crippen LogP contribution in [0.5, 0.6) is 11.5 Å². The first-order valence-electron chi connectivity index (χ1n) is 8.53. The number of benzene rings is 1. The maximum Gasteiger partial charge on any atom is 0.267 e. The summed E-state index contributed by atoms with van der Waals surface area (Å²) in [6, 6.07) is 5.01.